The van der Waals surface area contributed by atoms with Crippen LogP contribution in [0.3, 0.4) is 0 Å². The molecule has 108 valence electrons. The predicted octanol–water partition coefficient (Wildman–Crippen LogP) is 2.82. The molecule has 1 aromatic heterocycles. The lowest BCUT2D eigenvalue weighted by Gasteiger charge is -2.12. The first-order valence-electron chi connectivity index (χ1n) is 7.04. The molecule has 1 aromatic carbocycles. The van der Waals surface area contributed by atoms with Crippen molar-refractivity contribution < 1.29 is 4.74 Å². The second-order valence-electron chi connectivity index (χ2n) is 5.02. The molecule has 0 radical (unpaired) electrons. The van der Waals surface area contributed by atoms with Gasteiger partial charge in [0.25, 0.3) is 0 Å². The van der Waals surface area contributed by atoms with Crippen molar-refractivity contribution in [3.63, 3.8) is 0 Å². The van der Waals surface area contributed by atoms with Crippen LogP contribution in [0.25, 0.3) is 0 Å². The molecule has 2 rings (SSSR count). The van der Waals surface area contributed by atoms with Crippen LogP contribution >= 0.6 is 0 Å². The van der Waals surface area contributed by atoms with E-state index in [0.717, 1.165) is 30.2 Å². The minimum absolute atomic E-state index is 0.550. The van der Waals surface area contributed by atoms with Crippen LogP contribution in [0.5, 0.6) is 5.75 Å². The SMILES string of the molecule is CCn1nc(C)cc1COc1ccc(C)cc1CNC. The number of hydrogen-bond donors (Lipinski definition) is 1. The number of ether oxygens (including phenoxy) is 1. The zero-order chi connectivity index (χ0) is 14.5. The lowest BCUT2D eigenvalue weighted by atomic mass is 10.1. The summed E-state index contributed by atoms with van der Waals surface area (Å²) in [7, 11) is 1.95. The fourth-order valence-corrected chi connectivity index (χ4v) is 2.32. The number of aromatic nitrogens is 2. The Labute approximate surface area is 120 Å². The molecule has 2 aromatic rings. The number of nitrogens with one attached hydrogen (secondary N) is 1. The largest absolute Gasteiger partial charge is 0.487 e. The third-order valence-corrected chi connectivity index (χ3v) is 3.24. The van der Waals surface area contributed by atoms with Crippen molar-refractivity contribution in [3.05, 3.63) is 46.8 Å². The van der Waals surface area contributed by atoms with Crippen molar-refractivity contribution >= 4 is 0 Å². The van der Waals surface area contributed by atoms with Crippen LogP contribution in [0.2, 0.25) is 0 Å². The topological polar surface area (TPSA) is 39.1 Å². The molecular formula is C16H23N3O. The molecule has 1 N–H and O–H groups in total. The highest BCUT2D eigenvalue weighted by atomic mass is 16.5. The Morgan fingerprint density at radius 3 is 2.75 bits per heavy atom. The summed E-state index contributed by atoms with van der Waals surface area (Å²) in [6, 6.07) is 8.36. The molecular weight excluding hydrogens is 250 g/mol. The first-order chi connectivity index (χ1) is 9.63. The Morgan fingerprint density at radius 1 is 1.25 bits per heavy atom. The molecule has 0 saturated carbocycles. The van der Waals surface area contributed by atoms with Crippen LogP contribution in [-0.4, -0.2) is 16.8 Å². The van der Waals surface area contributed by atoms with E-state index in [9.17, 15) is 0 Å². The van der Waals surface area contributed by atoms with Gasteiger partial charge in [-0.15, -0.1) is 0 Å². The molecule has 0 fully saturated rings. The fourth-order valence-electron chi connectivity index (χ4n) is 2.32. The molecule has 0 aliphatic carbocycles. The van der Waals surface area contributed by atoms with Gasteiger partial charge in [0.05, 0.1) is 11.4 Å². The normalized spacial score (nSPS) is 10.8. The van der Waals surface area contributed by atoms with Gasteiger partial charge in [0.2, 0.25) is 0 Å². The van der Waals surface area contributed by atoms with Crippen molar-refractivity contribution in [1.29, 1.82) is 0 Å². The zero-order valence-electron chi connectivity index (χ0n) is 12.7. The highest BCUT2D eigenvalue weighted by molar-refractivity contribution is 5.37. The minimum Gasteiger partial charge on any atom is -0.487 e. The summed E-state index contributed by atoms with van der Waals surface area (Å²) in [6.07, 6.45) is 0. The Morgan fingerprint density at radius 2 is 2.05 bits per heavy atom. The van der Waals surface area contributed by atoms with Crippen molar-refractivity contribution in [2.75, 3.05) is 7.05 Å². The summed E-state index contributed by atoms with van der Waals surface area (Å²) in [6.45, 7) is 8.42. The molecule has 0 atom stereocenters. The molecule has 20 heavy (non-hydrogen) atoms. The molecule has 4 heteroatoms. The van der Waals surface area contributed by atoms with Crippen LogP contribution in [-0.2, 0) is 19.7 Å². The van der Waals surface area contributed by atoms with E-state index in [4.69, 9.17) is 4.74 Å². The van der Waals surface area contributed by atoms with Crippen LogP contribution in [0.4, 0.5) is 0 Å². The first-order valence-corrected chi connectivity index (χ1v) is 7.04. The van der Waals surface area contributed by atoms with Crippen molar-refractivity contribution in [3.8, 4) is 5.75 Å². The molecule has 0 saturated heterocycles. The maximum absolute atomic E-state index is 5.99. The van der Waals surface area contributed by atoms with Gasteiger partial charge in [-0.1, -0.05) is 17.7 Å². The molecule has 0 unspecified atom stereocenters. The van der Waals surface area contributed by atoms with Gasteiger partial charge < -0.3 is 10.1 Å². The Bertz CT molecular complexity index is 575. The van der Waals surface area contributed by atoms with Crippen LogP contribution in [0.15, 0.2) is 24.3 Å². The third kappa shape index (κ3) is 3.39. The van der Waals surface area contributed by atoms with Gasteiger partial charge in [-0.25, -0.2) is 0 Å². The smallest absolute Gasteiger partial charge is 0.130 e. The Hall–Kier alpha value is -1.81. The Balaban J connectivity index is 2.13. The number of nitrogens with zero attached hydrogens (tertiary/aromatic N) is 2. The van der Waals surface area contributed by atoms with Crippen molar-refractivity contribution in [2.24, 2.45) is 0 Å². The molecule has 0 aliphatic rings. The van der Waals surface area contributed by atoms with Gasteiger partial charge >= 0.3 is 0 Å². The van der Waals surface area contributed by atoms with Crippen LogP contribution < -0.4 is 10.1 Å². The van der Waals surface area contributed by atoms with Gasteiger partial charge in [-0.2, -0.15) is 5.10 Å². The van der Waals surface area contributed by atoms with E-state index in [2.05, 4.69) is 42.5 Å². The second kappa shape index (κ2) is 6.57. The number of benzene rings is 1. The highest BCUT2D eigenvalue weighted by Gasteiger charge is 2.07. The van der Waals surface area contributed by atoms with E-state index in [1.165, 1.54) is 11.1 Å². The summed E-state index contributed by atoms with van der Waals surface area (Å²) < 4.78 is 7.97. The number of rotatable bonds is 6. The number of aryl methyl sites for hydroxylation is 3. The lowest BCUT2D eigenvalue weighted by molar-refractivity contribution is 0.289. The summed E-state index contributed by atoms with van der Waals surface area (Å²) in [5.74, 6) is 0.937. The van der Waals surface area contributed by atoms with Gasteiger partial charge in [-0.3, -0.25) is 4.68 Å². The van der Waals surface area contributed by atoms with Crippen molar-refractivity contribution in [2.45, 2.75) is 40.5 Å². The number of hydrogen-bond acceptors (Lipinski definition) is 3. The molecule has 0 bridgehead atoms. The quantitative estimate of drug-likeness (QED) is 0.879. The van der Waals surface area contributed by atoms with Crippen LogP contribution in [0, 0.1) is 13.8 Å². The minimum atomic E-state index is 0.550. The molecule has 0 spiro atoms. The third-order valence-electron chi connectivity index (χ3n) is 3.24. The van der Waals surface area contributed by atoms with E-state index >= 15 is 0 Å². The molecule has 0 amide bonds. The van der Waals surface area contributed by atoms with E-state index in [-0.39, 0.29) is 0 Å². The molecule has 0 aliphatic heterocycles. The van der Waals surface area contributed by atoms with E-state index in [1.54, 1.807) is 0 Å². The zero-order valence-corrected chi connectivity index (χ0v) is 12.7. The summed E-state index contributed by atoms with van der Waals surface area (Å²) in [5.41, 5.74) is 4.58. The summed E-state index contributed by atoms with van der Waals surface area (Å²) in [5, 5.41) is 7.62. The highest BCUT2D eigenvalue weighted by Crippen LogP contribution is 2.21. The molecule has 1 heterocycles. The average Bonchev–Trinajstić information content (AvgIpc) is 2.78. The molecule has 4 nitrogen and oxygen atoms in total. The second-order valence-corrected chi connectivity index (χ2v) is 5.02. The Kier molecular flexibility index (Phi) is 4.79. The predicted molar refractivity (Wildman–Crippen MR) is 80.9 cm³/mol. The standard InChI is InChI=1S/C16H23N3O/c1-5-19-15(9-13(3)18-19)11-20-16-7-6-12(2)8-14(16)10-17-4/h6-9,17H,5,10-11H2,1-4H3. The maximum Gasteiger partial charge on any atom is 0.130 e. The fraction of sp³-hybridized carbons (Fsp3) is 0.438. The van der Waals surface area contributed by atoms with Gasteiger partial charge in [0.15, 0.2) is 0 Å². The van der Waals surface area contributed by atoms with Crippen molar-refractivity contribution in [1.82, 2.24) is 15.1 Å². The lowest BCUT2D eigenvalue weighted by Crippen LogP contribution is -2.10. The van der Waals surface area contributed by atoms with Gasteiger partial charge in [0.1, 0.15) is 12.4 Å². The van der Waals surface area contributed by atoms with Gasteiger partial charge in [-0.05, 0) is 40.0 Å². The summed E-state index contributed by atoms with van der Waals surface area (Å²) in [4.78, 5) is 0. The van der Waals surface area contributed by atoms with E-state index < -0.39 is 0 Å². The monoisotopic (exact) mass is 273 g/mol. The van der Waals surface area contributed by atoms with E-state index in [1.807, 2.05) is 24.7 Å². The van der Waals surface area contributed by atoms with Crippen LogP contribution in [0.1, 0.15) is 29.4 Å². The van der Waals surface area contributed by atoms with E-state index in [0.29, 0.717) is 6.61 Å². The average molecular weight is 273 g/mol. The first kappa shape index (κ1) is 14.6. The maximum atomic E-state index is 5.99. The summed E-state index contributed by atoms with van der Waals surface area (Å²) >= 11 is 0. The van der Waals surface area contributed by atoms with Gasteiger partial charge in [0, 0.05) is 18.7 Å².